The lowest BCUT2D eigenvalue weighted by Gasteiger charge is -2.21. The molecule has 8 nitrogen and oxygen atoms in total. The molecule has 1 saturated carbocycles. The van der Waals surface area contributed by atoms with Crippen molar-refractivity contribution in [2.75, 3.05) is 16.4 Å². The van der Waals surface area contributed by atoms with E-state index in [2.05, 4.69) is 20.8 Å². The fourth-order valence-electron chi connectivity index (χ4n) is 2.80. The van der Waals surface area contributed by atoms with Gasteiger partial charge in [-0.15, -0.1) is 10.2 Å². The van der Waals surface area contributed by atoms with Crippen molar-refractivity contribution in [3.05, 3.63) is 34.4 Å². The molecule has 3 rings (SSSR count). The predicted octanol–water partition coefficient (Wildman–Crippen LogP) is 3.92. The Kier molecular flexibility index (Phi) is 6.40. The van der Waals surface area contributed by atoms with Gasteiger partial charge in [0.05, 0.1) is 10.7 Å². The van der Waals surface area contributed by atoms with Gasteiger partial charge in [-0.1, -0.05) is 54.5 Å². The van der Waals surface area contributed by atoms with Gasteiger partial charge in [-0.25, -0.2) is 0 Å². The van der Waals surface area contributed by atoms with Crippen LogP contribution in [0.2, 0.25) is 0 Å². The number of carbonyl (C=O) groups is 1. The quantitative estimate of drug-likeness (QED) is 0.417. The van der Waals surface area contributed by atoms with Crippen LogP contribution in [-0.4, -0.2) is 32.8 Å². The number of benzene rings is 1. The molecule has 0 atom stereocenters. The Morgan fingerprint density at radius 2 is 2.04 bits per heavy atom. The minimum Gasteiger partial charge on any atom is -0.357 e. The molecule has 2 aromatic rings. The van der Waals surface area contributed by atoms with Crippen molar-refractivity contribution in [1.29, 1.82) is 0 Å². The first-order chi connectivity index (χ1) is 12.6. The van der Waals surface area contributed by atoms with Crippen molar-refractivity contribution in [2.45, 2.75) is 42.5 Å². The molecule has 1 aliphatic rings. The number of thioether (sulfide) groups is 1. The molecule has 1 aliphatic carbocycles. The molecule has 1 aromatic carbocycles. The number of nitrogens with one attached hydrogen (secondary N) is 2. The van der Waals surface area contributed by atoms with E-state index in [0.29, 0.717) is 10.4 Å². The summed E-state index contributed by atoms with van der Waals surface area (Å²) in [5.41, 5.74) is 0.0701. The lowest BCUT2D eigenvalue weighted by Crippen LogP contribution is -2.21. The molecule has 26 heavy (non-hydrogen) atoms. The van der Waals surface area contributed by atoms with E-state index >= 15 is 0 Å². The van der Waals surface area contributed by atoms with Crippen LogP contribution in [-0.2, 0) is 4.79 Å². The number of rotatable bonds is 7. The molecule has 0 spiro atoms. The van der Waals surface area contributed by atoms with Crippen LogP contribution in [0.3, 0.4) is 0 Å². The SMILES string of the molecule is O=C(CSc1nnc(NC2CCCCC2)s1)Nc1ccccc1[N+](=O)[O-]. The van der Waals surface area contributed by atoms with Crippen LogP contribution in [0.1, 0.15) is 32.1 Å². The second kappa shape index (κ2) is 8.95. The molecule has 1 amide bonds. The van der Waals surface area contributed by atoms with Crippen molar-refractivity contribution < 1.29 is 9.72 Å². The van der Waals surface area contributed by atoms with Crippen molar-refractivity contribution in [1.82, 2.24) is 10.2 Å². The van der Waals surface area contributed by atoms with Crippen LogP contribution in [0.5, 0.6) is 0 Å². The Bertz CT molecular complexity index is 777. The Morgan fingerprint density at radius 1 is 1.27 bits per heavy atom. The maximum Gasteiger partial charge on any atom is 0.292 e. The number of nitro groups is 1. The standard InChI is InChI=1S/C16H19N5O3S2/c22-14(18-12-8-4-5-9-13(12)21(23)24)10-25-16-20-19-15(26-16)17-11-6-2-1-3-7-11/h4-5,8-9,11H,1-3,6-7,10H2,(H,17,19)(H,18,22). The summed E-state index contributed by atoms with van der Waals surface area (Å²) in [6.45, 7) is 0. The predicted molar refractivity (Wildman–Crippen MR) is 103 cm³/mol. The summed E-state index contributed by atoms with van der Waals surface area (Å²) in [5, 5.41) is 25.9. The van der Waals surface area contributed by atoms with Crippen molar-refractivity contribution in [2.24, 2.45) is 0 Å². The Morgan fingerprint density at radius 3 is 2.81 bits per heavy atom. The molecular formula is C16H19N5O3S2. The van der Waals surface area contributed by atoms with Gasteiger partial charge in [0.2, 0.25) is 11.0 Å². The molecule has 1 heterocycles. The maximum atomic E-state index is 12.1. The summed E-state index contributed by atoms with van der Waals surface area (Å²) in [6, 6.07) is 6.53. The van der Waals surface area contributed by atoms with Gasteiger partial charge in [-0.05, 0) is 18.9 Å². The number of aromatic nitrogens is 2. The first-order valence-corrected chi connectivity index (χ1v) is 10.2. The van der Waals surface area contributed by atoms with Crippen LogP contribution >= 0.6 is 23.1 Å². The van der Waals surface area contributed by atoms with E-state index < -0.39 is 4.92 Å². The summed E-state index contributed by atoms with van der Waals surface area (Å²) >= 11 is 2.69. The second-order valence-corrected chi connectivity index (χ2v) is 8.16. The highest BCUT2D eigenvalue weighted by atomic mass is 32.2. The van der Waals surface area contributed by atoms with Gasteiger partial charge in [-0.2, -0.15) is 0 Å². The number of carbonyl (C=O) groups excluding carboxylic acids is 1. The van der Waals surface area contributed by atoms with Gasteiger partial charge in [0, 0.05) is 12.1 Å². The largest absolute Gasteiger partial charge is 0.357 e. The summed E-state index contributed by atoms with van der Waals surface area (Å²) in [4.78, 5) is 22.5. The Hall–Kier alpha value is -2.20. The highest BCUT2D eigenvalue weighted by molar-refractivity contribution is 8.01. The lowest BCUT2D eigenvalue weighted by molar-refractivity contribution is -0.383. The lowest BCUT2D eigenvalue weighted by atomic mass is 9.96. The minimum atomic E-state index is -0.517. The summed E-state index contributed by atoms with van der Waals surface area (Å²) in [6.07, 6.45) is 6.08. The van der Waals surface area contributed by atoms with E-state index in [1.807, 2.05) is 0 Å². The molecule has 0 unspecified atom stereocenters. The number of hydrogen-bond acceptors (Lipinski definition) is 8. The van der Waals surface area contributed by atoms with E-state index in [-0.39, 0.29) is 23.0 Å². The molecule has 2 N–H and O–H groups in total. The number of para-hydroxylation sites is 2. The molecule has 138 valence electrons. The van der Waals surface area contributed by atoms with Crippen molar-refractivity contribution in [3.63, 3.8) is 0 Å². The van der Waals surface area contributed by atoms with Crippen molar-refractivity contribution in [3.8, 4) is 0 Å². The van der Waals surface area contributed by atoms with Gasteiger partial charge in [0.15, 0.2) is 4.34 Å². The van der Waals surface area contributed by atoms with E-state index in [4.69, 9.17) is 0 Å². The van der Waals surface area contributed by atoms with Gasteiger partial charge < -0.3 is 10.6 Å². The zero-order valence-electron chi connectivity index (χ0n) is 14.0. The molecule has 0 aliphatic heterocycles. The molecule has 10 heteroatoms. The van der Waals surface area contributed by atoms with Gasteiger partial charge >= 0.3 is 0 Å². The first kappa shape index (κ1) is 18.6. The number of nitro benzene ring substituents is 1. The molecule has 0 bridgehead atoms. The van der Waals surface area contributed by atoms with E-state index in [9.17, 15) is 14.9 Å². The molecular weight excluding hydrogens is 374 g/mol. The summed E-state index contributed by atoms with van der Waals surface area (Å²) in [5.74, 6) is -0.203. The van der Waals surface area contributed by atoms with E-state index in [1.54, 1.807) is 12.1 Å². The summed E-state index contributed by atoms with van der Waals surface area (Å²) in [7, 11) is 0. The number of anilines is 2. The molecule has 1 aromatic heterocycles. The fraction of sp³-hybridized carbons (Fsp3) is 0.438. The van der Waals surface area contributed by atoms with Gasteiger partial charge in [0.1, 0.15) is 5.69 Å². The van der Waals surface area contributed by atoms with Crippen LogP contribution in [0.25, 0.3) is 0 Å². The Labute approximate surface area is 158 Å². The third-order valence-electron chi connectivity index (χ3n) is 4.04. The van der Waals surface area contributed by atoms with Crippen LogP contribution in [0.15, 0.2) is 28.6 Å². The zero-order chi connectivity index (χ0) is 18.4. The van der Waals surface area contributed by atoms with Gasteiger partial charge in [0.25, 0.3) is 5.69 Å². The highest BCUT2D eigenvalue weighted by Crippen LogP contribution is 2.29. The summed E-state index contributed by atoms with van der Waals surface area (Å²) < 4.78 is 0.695. The minimum absolute atomic E-state index is 0.115. The topological polar surface area (TPSA) is 110 Å². The smallest absolute Gasteiger partial charge is 0.292 e. The normalized spacial score (nSPS) is 14.8. The third kappa shape index (κ3) is 5.15. The monoisotopic (exact) mass is 393 g/mol. The average Bonchev–Trinajstić information content (AvgIpc) is 3.08. The van der Waals surface area contributed by atoms with Gasteiger partial charge in [-0.3, -0.25) is 14.9 Å². The fourth-order valence-corrected chi connectivity index (χ4v) is 4.43. The number of hydrogen-bond donors (Lipinski definition) is 2. The highest BCUT2D eigenvalue weighted by Gasteiger charge is 2.17. The number of amides is 1. The second-order valence-electron chi connectivity index (χ2n) is 5.96. The zero-order valence-corrected chi connectivity index (χ0v) is 15.6. The van der Waals surface area contributed by atoms with E-state index in [0.717, 1.165) is 18.0 Å². The Balaban J connectivity index is 1.50. The van der Waals surface area contributed by atoms with Crippen LogP contribution in [0.4, 0.5) is 16.5 Å². The van der Waals surface area contributed by atoms with E-state index in [1.165, 1.54) is 54.5 Å². The molecule has 0 saturated heterocycles. The van der Waals surface area contributed by atoms with Crippen molar-refractivity contribution >= 4 is 45.5 Å². The third-order valence-corrected chi connectivity index (χ3v) is 6.03. The molecule has 1 fully saturated rings. The van der Waals surface area contributed by atoms with Crippen LogP contribution in [0, 0.1) is 10.1 Å². The first-order valence-electron chi connectivity index (χ1n) is 8.38. The molecule has 0 radical (unpaired) electrons. The van der Waals surface area contributed by atoms with Crippen LogP contribution < -0.4 is 10.6 Å². The average molecular weight is 393 g/mol. The maximum absolute atomic E-state index is 12.1. The number of nitrogens with zero attached hydrogens (tertiary/aromatic N) is 3.